The minimum atomic E-state index is -0.0896. The van der Waals surface area contributed by atoms with Gasteiger partial charge < -0.3 is 24.0 Å². The molecule has 32 heavy (non-hydrogen) atoms. The van der Waals surface area contributed by atoms with Crippen molar-refractivity contribution in [2.75, 3.05) is 46.0 Å². The summed E-state index contributed by atoms with van der Waals surface area (Å²) >= 11 is 0. The van der Waals surface area contributed by atoms with Gasteiger partial charge in [0, 0.05) is 26.2 Å². The molecule has 0 aromatic heterocycles. The van der Waals surface area contributed by atoms with Crippen molar-refractivity contribution < 1.29 is 23.8 Å². The molecule has 7 nitrogen and oxygen atoms in total. The second kappa shape index (κ2) is 10.9. The first-order chi connectivity index (χ1) is 15.4. The molecule has 0 unspecified atom stereocenters. The van der Waals surface area contributed by atoms with Crippen molar-refractivity contribution in [1.82, 2.24) is 9.80 Å². The Morgan fingerprint density at radius 3 is 1.72 bits per heavy atom. The number of carbonyl (C=O) groups is 2. The minimum Gasteiger partial charge on any atom is -0.494 e. The minimum absolute atomic E-state index is 0.0000677. The lowest BCUT2D eigenvalue weighted by Crippen LogP contribution is -2.52. The summed E-state index contributed by atoms with van der Waals surface area (Å²) < 4.78 is 16.8. The van der Waals surface area contributed by atoms with E-state index in [1.54, 1.807) is 21.9 Å². The lowest BCUT2D eigenvalue weighted by atomic mass is 10.1. The topological polar surface area (TPSA) is 68.3 Å². The predicted molar refractivity (Wildman–Crippen MR) is 122 cm³/mol. The van der Waals surface area contributed by atoms with Crippen LogP contribution in [0.5, 0.6) is 17.2 Å². The number of amides is 2. The van der Waals surface area contributed by atoms with E-state index in [-0.39, 0.29) is 25.0 Å². The Balaban J connectivity index is 1.42. The fourth-order valence-corrected chi connectivity index (χ4v) is 3.61. The average molecular weight is 441 g/mol. The molecule has 172 valence electrons. The molecule has 0 spiro atoms. The summed E-state index contributed by atoms with van der Waals surface area (Å²) in [6, 6.07) is 11.3. The van der Waals surface area contributed by atoms with Crippen LogP contribution < -0.4 is 14.2 Å². The first-order valence-electron chi connectivity index (χ1n) is 11.0. The maximum Gasteiger partial charge on any atom is 0.260 e. The van der Waals surface area contributed by atoms with Crippen LogP contribution in [0.4, 0.5) is 0 Å². The molecule has 0 radical (unpaired) electrons. The molecular weight excluding hydrogens is 408 g/mol. The van der Waals surface area contributed by atoms with Crippen LogP contribution in [-0.2, 0) is 9.59 Å². The number of ether oxygens (including phenoxy) is 3. The van der Waals surface area contributed by atoms with Gasteiger partial charge in [0.05, 0.1) is 6.61 Å². The van der Waals surface area contributed by atoms with Gasteiger partial charge in [-0.2, -0.15) is 0 Å². The van der Waals surface area contributed by atoms with Gasteiger partial charge >= 0.3 is 0 Å². The van der Waals surface area contributed by atoms with E-state index in [1.807, 2.05) is 45.9 Å². The van der Waals surface area contributed by atoms with E-state index in [0.29, 0.717) is 38.5 Å². The highest BCUT2D eigenvalue weighted by Gasteiger charge is 2.25. The van der Waals surface area contributed by atoms with Crippen molar-refractivity contribution in [3.8, 4) is 17.2 Å². The SMILES string of the molecule is CCOc1ccc(OCC(=O)N2CCN(C(=O)COc3c(C)ccc(C)c3C)CC2)cc1. The highest BCUT2D eigenvalue weighted by Crippen LogP contribution is 2.25. The second-order valence-corrected chi connectivity index (χ2v) is 7.90. The normalized spacial score (nSPS) is 13.6. The smallest absolute Gasteiger partial charge is 0.260 e. The summed E-state index contributed by atoms with van der Waals surface area (Å²) in [6.07, 6.45) is 0. The third-order valence-electron chi connectivity index (χ3n) is 5.70. The Kier molecular flexibility index (Phi) is 7.98. The summed E-state index contributed by atoms with van der Waals surface area (Å²) in [7, 11) is 0. The van der Waals surface area contributed by atoms with E-state index >= 15 is 0 Å². The molecule has 1 saturated heterocycles. The van der Waals surface area contributed by atoms with Crippen molar-refractivity contribution >= 4 is 11.8 Å². The van der Waals surface area contributed by atoms with Crippen molar-refractivity contribution in [3.05, 3.63) is 53.1 Å². The summed E-state index contributed by atoms with van der Waals surface area (Å²) in [6.45, 7) is 10.5. The highest BCUT2D eigenvalue weighted by atomic mass is 16.5. The van der Waals surface area contributed by atoms with E-state index in [1.165, 1.54) is 0 Å². The van der Waals surface area contributed by atoms with Gasteiger partial charge in [0.15, 0.2) is 13.2 Å². The molecule has 0 bridgehead atoms. The number of rotatable bonds is 8. The standard InChI is InChI=1S/C25H32N2O5/c1-5-30-21-8-10-22(11-9-21)31-16-23(28)26-12-14-27(15-13-26)24(29)17-32-25-19(3)7-6-18(2)20(25)4/h6-11H,5,12-17H2,1-4H3. The van der Waals surface area contributed by atoms with Gasteiger partial charge in [0.1, 0.15) is 17.2 Å². The van der Waals surface area contributed by atoms with Crippen LogP contribution >= 0.6 is 0 Å². The Morgan fingerprint density at radius 2 is 1.19 bits per heavy atom. The van der Waals surface area contributed by atoms with Gasteiger partial charge in [-0.1, -0.05) is 12.1 Å². The number of aryl methyl sites for hydroxylation is 2. The van der Waals surface area contributed by atoms with E-state index in [0.717, 1.165) is 28.2 Å². The molecule has 1 heterocycles. The molecular formula is C25H32N2O5. The Labute approximate surface area is 189 Å². The van der Waals surface area contributed by atoms with Crippen LogP contribution in [0, 0.1) is 20.8 Å². The summed E-state index contributed by atoms with van der Waals surface area (Å²) in [5.74, 6) is 2.01. The van der Waals surface area contributed by atoms with E-state index in [2.05, 4.69) is 6.07 Å². The molecule has 0 saturated carbocycles. The van der Waals surface area contributed by atoms with E-state index in [4.69, 9.17) is 14.2 Å². The van der Waals surface area contributed by atoms with Gasteiger partial charge in [-0.15, -0.1) is 0 Å². The van der Waals surface area contributed by atoms with Gasteiger partial charge in [0.25, 0.3) is 11.8 Å². The Morgan fingerprint density at radius 1 is 0.719 bits per heavy atom. The van der Waals surface area contributed by atoms with Crippen LogP contribution in [0.25, 0.3) is 0 Å². The maximum absolute atomic E-state index is 12.6. The fourth-order valence-electron chi connectivity index (χ4n) is 3.61. The summed E-state index contributed by atoms with van der Waals surface area (Å²) in [4.78, 5) is 28.6. The van der Waals surface area contributed by atoms with Gasteiger partial charge in [-0.3, -0.25) is 9.59 Å². The third kappa shape index (κ3) is 5.93. The number of piperazine rings is 1. The molecule has 7 heteroatoms. The number of benzene rings is 2. The van der Waals surface area contributed by atoms with Crippen molar-refractivity contribution in [3.63, 3.8) is 0 Å². The van der Waals surface area contributed by atoms with Gasteiger partial charge in [-0.25, -0.2) is 0 Å². The summed E-state index contributed by atoms with van der Waals surface area (Å²) in [5.41, 5.74) is 3.21. The molecule has 0 N–H and O–H groups in total. The molecule has 2 amide bonds. The third-order valence-corrected chi connectivity index (χ3v) is 5.70. The average Bonchev–Trinajstić information content (AvgIpc) is 2.81. The Bertz CT molecular complexity index is 934. The van der Waals surface area contributed by atoms with Crippen LogP contribution in [0.3, 0.4) is 0 Å². The highest BCUT2D eigenvalue weighted by molar-refractivity contribution is 5.80. The lowest BCUT2D eigenvalue weighted by Gasteiger charge is -2.34. The van der Waals surface area contributed by atoms with E-state index in [9.17, 15) is 9.59 Å². The molecule has 2 aromatic carbocycles. The largest absolute Gasteiger partial charge is 0.494 e. The number of nitrogens with zero attached hydrogens (tertiary/aromatic N) is 2. The number of carbonyl (C=O) groups excluding carboxylic acids is 2. The number of hydrogen-bond donors (Lipinski definition) is 0. The van der Waals surface area contributed by atoms with Crippen molar-refractivity contribution in [2.45, 2.75) is 27.7 Å². The van der Waals surface area contributed by atoms with Crippen molar-refractivity contribution in [1.29, 1.82) is 0 Å². The zero-order valence-electron chi connectivity index (χ0n) is 19.3. The van der Waals surface area contributed by atoms with Crippen LogP contribution in [0.15, 0.2) is 36.4 Å². The summed E-state index contributed by atoms with van der Waals surface area (Å²) in [5, 5.41) is 0. The molecule has 3 rings (SSSR count). The van der Waals surface area contributed by atoms with Crippen LogP contribution in [0.1, 0.15) is 23.6 Å². The monoisotopic (exact) mass is 440 g/mol. The predicted octanol–water partition coefficient (Wildman–Crippen LogP) is 3.14. The molecule has 0 atom stereocenters. The quantitative estimate of drug-likeness (QED) is 0.631. The van der Waals surface area contributed by atoms with Crippen molar-refractivity contribution in [2.24, 2.45) is 0 Å². The Hall–Kier alpha value is -3.22. The zero-order valence-corrected chi connectivity index (χ0v) is 19.3. The first-order valence-corrected chi connectivity index (χ1v) is 11.0. The maximum atomic E-state index is 12.6. The fraction of sp³-hybridized carbons (Fsp3) is 0.440. The lowest BCUT2D eigenvalue weighted by molar-refractivity contribution is -0.141. The zero-order chi connectivity index (χ0) is 23.1. The van der Waals surface area contributed by atoms with E-state index < -0.39 is 0 Å². The molecule has 1 aliphatic rings. The molecule has 1 fully saturated rings. The second-order valence-electron chi connectivity index (χ2n) is 7.90. The molecule has 1 aliphatic heterocycles. The van der Waals surface area contributed by atoms with Crippen LogP contribution in [-0.4, -0.2) is 67.6 Å². The number of hydrogen-bond acceptors (Lipinski definition) is 5. The van der Waals surface area contributed by atoms with Gasteiger partial charge in [-0.05, 0) is 68.7 Å². The van der Waals surface area contributed by atoms with Gasteiger partial charge in [0.2, 0.25) is 0 Å². The van der Waals surface area contributed by atoms with Crippen LogP contribution in [0.2, 0.25) is 0 Å². The first kappa shape index (κ1) is 23.4. The molecule has 2 aromatic rings. The molecule has 0 aliphatic carbocycles.